The highest BCUT2D eigenvalue weighted by Gasteiger charge is 2.19. The number of benzene rings is 1. The summed E-state index contributed by atoms with van der Waals surface area (Å²) < 4.78 is 2.16. The standard InChI is InChI=1S/C24H42N4/c1-4-6-8-9-10-11-12-13-14-20-24(27(3)21-17-7-5-2)28-23-19-16-15-18-22(23)25-26-28/h15-16,18-19,24H,4-14,17,20-21H2,1-3H3. The Balaban J connectivity index is 1.85. The second-order valence-electron chi connectivity index (χ2n) is 8.31. The number of unbranched alkanes of at least 4 members (excludes halogenated alkanes) is 10. The molecular formula is C24H42N4. The highest BCUT2D eigenvalue weighted by atomic mass is 15.5. The van der Waals surface area contributed by atoms with Crippen molar-refractivity contribution in [3.63, 3.8) is 0 Å². The molecule has 1 atom stereocenters. The van der Waals surface area contributed by atoms with Crippen LogP contribution in [0, 0.1) is 0 Å². The largest absolute Gasteiger partial charge is 0.285 e. The zero-order chi connectivity index (χ0) is 20.0. The molecule has 2 rings (SSSR count). The van der Waals surface area contributed by atoms with Crippen molar-refractivity contribution in [2.45, 2.75) is 103 Å². The zero-order valence-electron chi connectivity index (χ0n) is 18.6. The van der Waals surface area contributed by atoms with Crippen molar-refractivity contribution in [3.8, 4) is 0 Å². The fourth-order valence-electron chi connectivity index (χ4n) is 4.03. The molecule has 0 amide bonds. The van der Waals surface area contributed by atoms with Crippen LogP contribution in [0.15, 0.2) is 24.3 Å². The van der Waals surface area contributed by atoms with Crippen LogP contribution in [-0.4, -0.2) is 33.5 Å². The van der Waals surface area contributed by atoms with Crippen LogP contribution in [0.2, 0.25) is 0 Å². The summed E-state index contributed by atoms with van der Waals surface area (Å²) in [6, 6.07) is 8.35. The van der Waals surface area contributed by atoms with Crippen LogP contribution in [0.3, 0.4) is 0 Å². The first kappa shape index (κ1) is 22.9. The van der Waals surface area contributed by atoms with Crippen LogP contribution in [0.4, 0.5) is 0 Å². The van der Waals surface area contributed by atoms with E-state index in [0.29, 0.717) is 6.17 Å². The van der Waals surface area contributed by atoms with Gasteiger partial charge in [0.15, 0.2) is 0 Å². The van der Waals surface area contributed by atoms with Gasteiger partial charge in [-0.05, 0) is 45.0 Å². The molecule has 4 nitrogen and oxygen atoms in total. The molecule has 0 spiro atoms. The fourth-order valence-corrected chi connectivity index (χ4v) is 4.03. The summed E-state index contributed by atoms with van der Waals surface area (Å²) in [5, 5.41) is 8.92. The maximum absolute atomic E-state index is 4.53. The van der Waals surface area contributed by atoms with Crippen LogP contribution in [0.25, 0.3) is 11.0 Å². The molecule has 1 heterocycles. The number of hydrogen-bond donors (Lipinski definition) is 0. The Morgan fingerprint density at radius 2 is 1.43 bits per heavy atom. The minimum Gasteiger partial charge on any atom is -0.285 e. The Kier molecular flexibility index (Phi) is 11.2. The van der Waals surface area contributed by atoms with Gasteiger partial charge in [-0.25, -0.2) is 4.68 Å². The Morgan fingerprint density at radius 3 is 2.14 bits per heavy atom. The lowest BCUT2D eigenvalue weighted by molar-refractivity contribution is 0.147. The molecule has 4 heteroatoms. The molecule has 2 aromatic rings. The summed E-state index contributed by atoms with van der Waals surface area (Å²) in [5.41, 5.74) is 2.16. The van der Waals surface area contributed by atoms with Crippen molar-refractivity contribution < 1.29 is 0 Å². The normalized spacial score (nSPS) is 12.9. The van der Waals surface area contributed by atoms with Gasteiger partial charge in [0.25, 0.3) is 0 Å². The number of nitrogens with zero attached hydrogens (tertiary/aromatic N) is 4. The molecule has 1 unspecified atom stereocenters. The maximum atomic E-state index is 4.53. The van der Waals surface area contributed by atoms with Gasteiger partial charge in [-0.15, -0.1) is 5.10 Å². The van der Waals surface area contributed by atoms with Gasteiger partial charge in [0.1, 0.15) is 11.7 Å². The second-order valence-corrected chi connectivity index (χ2v) is 8.31. The summed E-state index contributed by atoms with van der Waals surface area (Å²) in [7, 11) is 2.25. The first-order valence-electron chi connectivity index (χ1n) is 11.8. The van der Waals surface area contributed by atoms with E-state index in [1.165, 1.54) is 77.0 Å². The van der Waals surface area contributed by atoms with Crippen LogP contribution in [0.5, 0.6) is 0 Å². The fraction of sp³-hybridized carbons (Fsp3) is 0.750. The molecule has 158 valence electrons. The molecule has 0 aliphatic heterocycles. The van der Waals surface area contributed by atoms with Crippen molar-refractivity contribution >= 4 is 11.0 Å². The van der Waals surface area contributed by atoms with E-state index in [1.54, 1.807) is 0 Å². The molecule has 0 aliphatic rings. The SMILES string of the molecule is CCCCCCCCCCCC(N(C)CCCCC)n1nnc2ccccc21. The third kappa shape index (κ3) is 7.54. The van der Waals surface area contributed by atoms with Gasteiger partial charge in [0.2, 0.25) is 0 Å². The van der Waals surface area contributed by atoms with Crippen LogP contribution in [0.1, 0.15) is 103 Å². The molecule has 0 radical (unpaired) electrons. The van der Waals surface area contributed by atoms with E-state index < -0.39 is 0 Å². The Bertz CT molecular complexity index is 636. The number of para-hydroxylation sites is 1. The average molecular weight is 387 g/mol. The Hall–Kier alpha value is -1.42. The molecule has 1 aromatic carbocycles. The molecule has 0 bridgehead atoms. The van der Waals surface area contributed by atoms with Gasteiger partial charge in [0.05, 0.1) is 5.52 Å². The second kappa shape index (κ2) is 13.7. The van der Waals surface area contributed by atoms with Crippen molar-refractivity contribution in [2.75, 3.05) is 13.6 Å². The van der Waals surface area contributed by atoms with Crippen LogP contribution in [-0.2, 0) is 0 Å². The number of aromatic nitrogens is 3. The molecule has 28 heavy (non-hydrogen) atoms. The average Bonchev–Trinajstić information content (AvgIpc) is 3.13. The minimum atomic E-state index is 0.314. The summed E-state index contributed by atoms with van der Waals surface area (Å²) in [5.74, 6) is 0. The quantitative estimate of drug-likeness (QED) is 0.292. The zero-order valence-corrected chi connectivity index (χ0v) is 18.6. The third-order valence-electron chi connectivity index (χ3n) is 5.85. The Labute approximate surface area is 172 Å². The van der Waals surface area contributed by atoms with E-state index in [1.807, 2.05) is 6.07 Å². The topological polar surface area (TPSA) is 34.0 Å². The van der Waals surface area contributed by atoms with Crippen molar-refractivity contribution in [3.05, 3.63) is 24.3 Å². The predicted octanol–water partition coefficient (Wildman–Crippen LogP) is 6.97. The number of hydrogen-bond acceptors (Lipinski definition) is 3. The highest BCUT2D eigenvalue weighted by Crippen LogP contribution is 2.24. The van der Waals surface area contributed by atoms with E-state index in [0.717, 1.165) is 24.0 Å². The first-order valence-corrected chi connectivity index (χ1v) is 11.8. The summed E-state index contributed by atoms with van der Waals surface area (Å²) in [4.78, 5) is 2.49. The molecule has 0 aliphatic carbocycles. The van der Waals surface area contributed by atoms with Gasteiger partial charge in [0, 0.05) is 0 Å². The molecule has 0 fully saturated rings. The van der Waals surface area contributed by atoms with Crippen molar-refractivity contribution in [1.29, 1.82) is 0 Å². The Morgan fingerprint density at radius 1 is 0.821 bits per heavy atom. The third-order valence-corrected chi connectivity index (χ3v) is 5.85. The van der Waals surface area contributed by atoms with E-state index in [-0.39, 0.29) is 0 Å². The predicted molar refractivity (Wildman–Crippen MR) is 121 cm³/mol. The van der Waals surface area contributed by atoms with Crippen molar-refractivity contribution in [1.82, 2.24) is 19.9 Å². The minimum absolute atomic E-state index is 0.314. The van der Waals surface area contributed by atoms with Gasteiger partial charge >= 0.3 is 0 Å². The van der Waals surface area contributed by atoms with E-state index in [2.05, 4.69) is 59.0 Å². The lowest BCUT2D eigenvalue weighted by Gasteiger charge is -2.28. The van der Waals surface area contributed by atoms with E-state index in [4.69, 9.17) is 0 Å². The molecule has 1 aromatic heterocycles. The molecule has 0 saturated heterocycles. The molecule has 0 saturated carbocycles. The smallest absolute Gasteiger partial charge is 0.113 e. The maximum Gasteiger partial charge on any atom is 0.113 e. The lowest BCUT2D eigenvalue weighted by atomic mass is 10.1. The van der Waals surface area contributed by atoms with Gasteiger partial charge in [-0.3, -0.25) is 4.90 Å². The first-order chi connectivity index (χ1) is 13.8. The van der Waals surface area contributed by atoms with Gasteiger partial charge in [-0.1, -0.05) is 95.4 Å². The summed E-state index contributed by atoms with van der Waals surface area (Å²) >= 11 is 0. The lowest BCUT2D eigenvalue weighted by Crippen LogP contribution is -2.31. The van der Waals surface area contributed by atoms with Crippen LogP contribution >= 0.6 is 0 Å². The van der Waals surface area contributed by atoms with E-state index >= 15 is 0 Å². The molecule has 0 N–H and O–H groups in total. The summed E-state index contributed by atoms with van der Waals surface area (Å²) in [6.07, 6.45) is 17.7. The van der Waals surface area contributed by atoms with Crippen molar-refractivity contribution in [2.24, 2.45) is 0 Å². The number of rotatable bonds is 16. The molecular weight excluding hydrogens is 344 g/mol. The highest BCUT2D eigenvalue weighted by molar-refractivity contribution is 5.73. The van der Waals surface area contributed by atoms with Gasteiger partial charge < -0.3 is 0 Å². The monoisotopic (exact) mass is 386 g/mol. The number of fused-ring (bicyclic) bond motifs is 1. The van der Waals surface area contributed by atoms with Gasteiger partial charge in [-0.2, -0.15) is 0 Å². The van der Waals surface area contributed by atoms with E-state index in [9.17, 15) is 0 Å². The van der Waals surface area contributed by atoms with Crippen LogP contribution < -0.4 is 0 Å². The summed E-state index contributed by atoms with van der Waals surface area (Å²) in [6.45, 7) is 5.68.